The number of benzene rings is 2. The van der Waals surface area contributed by atoms with Gasteiger partial charge < -0.3 is 10.1 Å². The Kier molecular flexibility index (Phi) is 5.62. The van der Waals surface area contributed by atoms with E-state index >= 15 is 0 Å². The van der Waals surface area contributed by atoms with Crippen molar-refractivity contribution in [3.05, 3.63) is 63.6 Å². The average molecular weight is 334 g/mol. The molecule has 1 N–H and O–H groups in total. The lowest BCUT2D eigenvalue weighted by Gasteiger charge is -2.12. The molecule has 106 valence electrons. The maximum Gasteiger partial charge on any atom is 0.123 e. The summed E-state index contributed by atoms with van der Waals surface area (Å²) in [6, 6.07) is 14.7. The SMILES string of the molecule is CCOc1ccc(Br)cc1CNCc1ccc(C)cc1. The molecule has 0 saturated carbocycles. The second-order valence-electron chi connectivity index (χ2n) is 4.77. The zero-order chi connectivity index (χ0) is 14.4. The van der Waals surface area contributed by atoms with Crippen LogP contribution in [-0.4, -0.2) is 6.61 Å². The molecule has 0 unspecified atom stereocenters. The van der Waals surface area contributed by atoms with Crippen LogP contribution in [0.5, 0.6) is 5.75 Å². The quantitative estimate of drug-likeness (QED) is 0.843. The summed E-state index contributed by atoms with van der Waals surface area (Å²) in [5.74, 6) is 0.951. The number of hydrogen-bond acceptors (Lipinski definition) is 2. The number of rotatable bonds is 6. The Labute approximate surface area is 129 Å². The Balaban J connectivity index is 1.96. The van der Waals surface area contributed by atoms with E-state index < -0.39 is 0 Å². The molecule has 0 aliphatic heterocycles. The minimum Gasteiger partial charge on any atom is -0.494 e. The van der Waals surface area contributed by atoms with Crippen molar-refractivity contribution in [2.45, 2.75) is 26.9 Å². The third-order valence-electron chi connectivity index (χ3n) is 3.09. The first-order valence-electron chi connectivity index (χ1n) is 6.86. The largest absolute Gasteiger partial charge is 0.494 e. The monoisotopic (exact) mass is 333 g/mol. The van der Waals surface area contributed by atoms with E-state index in [0.717, 1.165) is 23.3 Å². The Morgan fingerprint density at radius 1 is 1.05 bits per heavy atom. The van der Waals surface area contributed by atoms with Crippen molar-refractivity contribution in [1.29, 1.82) is 0 Å². The van der Waals surface area contributed by atoms with Crippen LogP contribution < -0.4 is 10.1 Å². The molecule has 0 spiro atoms. The van der Waals surface area contributed by atoms with Gasteiger partial charge in [-0.1, -0.05) is 45.8 Å². The molecule has 0 fully saturated rings. The van der Waals surface area contributed by atoms with Crippen molar-refractivity contribution in [3.63, 3.8) is 0 Å². The van der Waals surface area contributed by atoms with Crippen LogP contribution in [0.15, 0.2) is 46.9 Å². The van der Waals surface area contributed by atoms with E-state index in [0.29, 0.717) is 6.61 Å². The smallest absolute Gasteiger partial charge is 0.123 e. The summed E-state index contributed by atoms with van der Waals surface area (Å²) < 4.78 is 6.73. The molecule has 2 rings (SSSR count). The van der Waals surface area contributed by atoms with E-state index in [9.17, 15) is 0 Å². The molecule has 0 heterocycles. The highest BCUT2D eigenvalue weighted by atomic mass is 79.9. The first-order valence-corrected chi connectivity index (χ1v) is 7.66. The Morgan fingerprint density at radius 3 is 2.50 bits per heavy atom. The fourth-order valence-corrected chi connectivity index (χ4v) is 2.44. The minimum absolute atomic E-state index is 0.687. The van der Waals surface area contributed by atoms with Crippen LogP contribution in [0.3, 0.4) is 0 Å². The van der Waals surface area contributed by atoms with Crippen molar-refractivity contribution in [3.8, 4) is 5.75 Å². The molecule has 0 aliphatic carbocycles. The standard InChI is InChI=1S/C17H20BrNO/c1-3-20-17-9-8-16(18)10-15(17)12-19-11-14-6-4-13(2)5-7-14/h4-10,19H,3,11-12H2,1-2H3. The molecule has 2 aromatic carbocycles. The normalized spacial score (nSPS) is 10.6. The molecular weight excluding hydrogens is 314 g/mol. The number of aryl methyl sites for hydroxylation is 1. The van der Waals surface area contributed by atoms with Gasteiger partial charge in [0.05, 0.1) is 6.61 Å². The predicted molar refractivity (Wildman–Crippen MR) is 87.0 cm³/mol. The van der Waals surface area contributed by atoms with E-state index in [-0.39, 0.29) is 0 Å². The molecule has 20 heavy (non-hydrogen) atoms. The van der Waals surface area contributed by atoms with E-state index in [1.165, 1.54) is 16.7 Å². The lowest BCUT2D eigenvalue weighted by molar-refractivity contribution is 0.335. The summed E-state index contributed by atoms with van der Waals surface area (Å²) in [4.78, 5) is 0. The fourth-order valence-electron chi connectivity index (χ4n) is 2.03. The van der Waals surface area contributed by atoms with Crippen molar-refractivity contribution in [2.24, 2.45) is 0 Å². The van der Waals surface area contributed by atoms with E-state index in [2.05, 4.69) is 58.5 Å². The Morgan fingerprint density at radius 2 is 1.80 bits per heavy atom. The van der Waals surface area contributed by atoms with Gasteiger partial charge >= 0.3 is 0 Å². The fraction of sp³-hybridized carbons (Fsp3) is 0.294. The highest BCUT2D eigenvalue weighted by molar-refractivity contribution is 9.10. The van der Waals surface area contributed by atoms with Gasteiger partial charge in [0.2, 0.25) is 0 Å². The zero-order valence-corrected chi connectivity index (χ0v) is 13.5. The molecule has 0 radical (unpaired) electrons. The molecule has 2 nitrogen and oxygen atoms in total. The second kappa shape index (κ2) is 7.46. The zero-order valence-electron chi connectivity index (χ0n) is 11.9. The molecule has 0 saturated heterocycles. The van der Waals surface area contributed by atoms with Crippen LogP contribution in [0.1, 0.15) is 23.6 Å². The Hall–Kier alpha value is -1.32. The lowest BCUT2D eigenvalue weighted by atomic mass is 10.1. The lowest BCUT2D eigenvalue weighted by Crippen LogP contribution is -2.13. The molecule has 3 heteroatoms. The van der Waals surface area contributed by atoms with Crippen LogP contribution in [-0.2, 0) is 13.1 Å². The van der Waals surface area contributed by atoms with Crippen LogP contribution in [0, 0.1) is 6.92 Å². The van der Waals surface area contributed by atoms with Crippen LogP contribution in [0.2, 0.25) is 0 Å². The molecule has 0 atom stereocenters. The third kappa shape index (κ3) is 4.36. The van der Waals surface area contributed by atoms with Gasteiger partial charge in [0, 0.05) is 23.1 Å². The molecule has 0 aliphatic rings. The number of halogens is 1. The number of hydrogen-bond donors (Lipinski definition) is 1. The van der Waals surface area contributed by atoms with Gasteiger partial charge in [-0.25, -0.2) is 0 Å². The van der Waals surface area contributed by atoms with Gasteiger partial charge in [0.15, 0.2) is 0 Å². The van der Waals surface area contributed by atoms with Gasteiger partial charge in [-0.15, -0.1) is 0 Å². The van der Waals surface area contributed by atoms with E-state index in [1.54, 1.807) is 0 Å². The van der Waals surface area contributed by atoms with E-state index in [4.69, 9.17) is 4.74 Å². The summed E-state index contributed by atoms with van der Waals surface area (Å²) in [7, 11) is 0. The van der Waals surface area contributed by atoms with Crippen LogP contribution >= 0.6 is 15.9 Å². The maximum atomic E-state index is 5.65. The van der Waals surface area contributed by atoms with Crippen molar-refractivity contribution in [2.75, 3.05) is 6.61 Å². The van der Waals surface area contributed by atoms with Crippen LogP contribution in [0.4, 0.5) is 0 Å². The Bertz CT molecular complexity index is 551. The maximum absolute atomic E-state index is 5.65. The molecule has 0 bridgehead atoms. The van der Waals surface area contributed by atoms with Gasteiger partial charge in [0.1, 0.15) is 5.75 Å². The topological polar surface area (TPSA) is 21.3 Å². The number of ether oxygens (including phenoxy) is 1. The molecule has 0 amide bonds. The minimum atomic E-state index is 0.687. The summed E-state index contributed by atoms with van der Waals surface area (Å²) in [6.45, 7) is 6.45. The first kappa shape index (κ1) is 15.1. The van der Waals surface area contributed by atoms with Gasteiger partial charge in [0.25, 0.3) is 0 Å². The van der Waals surface area contributed by atoms with Gasteiger partial charge in [-0.2, -0.15) is 0 Å². The molecular formula is C17H20BrNO. The van der Waals surface area contributed by atoms with Crippen molar-refractivity contribution in [1.82, 2.24) is 5.32 Å². The summed E-state index contributed by atoms with van der Waals surface area (Å²) in [5, 5.41) is 3.46. The van der Waals surface area contributed by atoms with Crippen molar-refractivity contribution < 1.29 is 4.74 Å². The van der Waals surface area contributed by atoms with Crippen molar-refractivity contribution >= 4 is 15.9 Å². The first-order chi connectivity index (χ1) is 9.69. The summed E-state index contributed by atoms with van der Waals surface area (Å²) in [5.41, 5.74) is 3.76. The molecule has 0 aromatic heterocycles. The number of nitrogens with one attached hydrogen (secondary N) is 1. The van der Waals surface area contributed by atoms with Crippen LogP contribution in [0.25, 0.3) is 0 Å². The summed E-state index contributed by atoms with van der Waals surface area (Å²) in [6.07, 6.45) is 0. The van der Waals surface area contributed by atoms with Gasteiger partial charge in [-0.3, -0.25) is 0 Å². The molecule has 2 aromatic rings. The average Bonchev–Trinajstić information content (AvgIpc) is 2.44. The third-order valence-corrected chi connectivity index (χ3v) is 3.58. The van der Waals surface area contributed by atoms with E-state index in [1.807, 2.05) is 19.1 Å². The summed E-state index contributed by atoms with van der Waals surface area (Å²) >= 11 is 3.51. The predicted octanol–water partition coefficient (Wildman–Crippen LogP) is 4.45. The highest BCUT2D eigenvalue weighted by Crippen LogP contribution is 2.23. The second-order valence-corrected chi connectivity index (χ2v) is 5.69. The highest BCUT2D eigenvalue weighted by Gasteiger charge is 2.04. The van der Waals surface area contributed by atoms with Gasteiger partial charge in [-0.05, 0) is 37.6 Å².